The maximum Gasteiger partial charge on any atom is 0.319 e. The Labute approximate surface area is 269 Å². The first kappa shape index (κ1) is 33.4. The van der Waals surface area contributed by atoms with Gasteiger partial charge in [-0.05, 0) is 75.5 Å². The third-order valence-corrected chi connectivity index (χ3v) is 11.9. The van der Waals surface area contributed by atoms with E-state index >= 15 is 0 Å². The fraction of sp³-hybridized carbons (Fsp3) is 0.743. The summed E-state index contributed by atoms with van der Waals surface area (Å²) in [4.78, 5) is 47.2. The lowest BCUT2D eigenvalue weighted by Gasteiger charge is -2.45. The van der Waals surface area contributed by atoms with Gasteiger partial charge in [-0.15, -0.1) is 0 Å². The lowest BCUT2D eigenvalue weighted by molar-refractivity contribution is -0.840. The molecule has 3 amide bonds. The van der Waals surface area contributed by atoms with E-state index in [-0.39, 0.29) is 58.1 Å². The standard InChI is InChI=1S/C35H53ClN4O4/c1-34(2)16-14-26(15-17-34)39(33(44)35(3,4)22-41)27-18-30(31(42)37-5)40(6,21-27)32(43)29-20-38(25-8-7-9-25)19-28(29)23-10-12-24(36)13-11-23/h10-13,25-30,41H,7-9,14-22H2,1-6H3/p+1/t27-,28-,29+,30-,40?/m0/s1. The fourth-order valence-electron chi connectivity index (χ4n) is 8.38. The average molecular weight is 630 g/mol. The second-order valence-corrected chi connectivity index (χ2v) is 16.2. The van der Waals surface area contributed by atoms with Gasteiger partial charge in [-0.3, -0.25) is 19.0 Å². The minimum Gasteiger partial charge on any atom is -0.395 e. The lowest BCUT2D eigenvalue weighted by Crippen LogP contribution is -2.61. The van der Waals surface area contributed by atoms with Crippen LogP contribution < -0.4 is 5.32 Å². The van der Waals surface area contributed by atoms with Crippen molar-refractivity contribution >= 4 is 29.3 Å². The largest absolute Gasteiger partial charge is 0.395 e. The Morgan fingerprint density at radius 1 is 1.07 bits per heavy atom. The summed E-state index contributed by atoms with van der Waals surface area (Å²) >= 11 is 6.24. The van der Waals surface area contributed by atoms with Crippen molar-refractivity contribution in [2.45, 2.75) is 109 Å². The molecule has 1 aromatic carbocycles. The first-order valence-corrected chi connectivity index (χ1v) is 17.1. The van der Waals surface area contributed by atoms with Gasteiger partial charge in [-0.2, -0.15) is 0 Å². The van der Waals surface area contributed by atoms with Crippen LogP contribution in [0.3, 0.4) is 0 Å². The van der Waals surface area contributed by atoms with Gasteiger partial charge in [0, 0.05) is 49.6 Å². The molecule has 2 saturated heterocycles. The minimum atomic E-state index is -0.945. The molecular formula is C35H54ClN4O4+. The predicted octanol–water partition coefficient (Wildman–Crippen LogP) is 4.58. The number of rotatable bonds is 8. The van der Waals surface area contributed by atoms with Crippen LogP contribution in [0, 0.1) is 16.7 Å². The number of halogens is 1. The number of aliphatic hydroxyl groups excluding tert-OH is 1. The van der Waals surface area contributed by atoms with Gasteiger partial charge in [0.25, 0.3) is 5.91 Å². The van der Waals surface area contributed by atoms with Crippen molar-refractivity contribution in [1.82, 2.24) is 15.1 Å². The van der Waals surface area contributed by atoms with Gasteiger partial charge >= 0.3 is 5.91 Å². The van der Waals surface area contributed by atoms with Crippen molar-refractivity contribution in [1.29, 1.82) is 0 Å². The molecule has 5 rings (SSSR count). The molecule has 8 nitrogen and oxygen atoms in total. The monoisotopic (exact) mass is 629 g/mol. The SMILES string of the molecule is CNC(=O)[C@@H]1C[C@H](N(C(=O)C(C)(C)CO)C2CCC(C)(C)CC2)C[N+]1(C)C(=O)[C@@H]1CN(C2CCC2)C[C@H]1c1ccc(Cl)cc1. The van der Waals surface area contributed by atoms with Crippen LogP contribution in [0.15, 0.2) is 24.3 Å². The zero-order chi connectivity index (χ0) is 32.0. The van der Waals surface area contributed by atoms with Crippen LogP contribution >= 0.6 is 11.6 Å². The van der Waals surface area contributed by atoms with Crippen molar-refractivity contribution < 1.29 is 24.0 Å². The molecule has 4 fully saturated rings. The van der Waals surface area contributed by atoms with Crippen molar-refractivity contribution in [3.05, 3.63) is 34.9 Å². The molecule has 5 atom stereocenters. The Balaban J connectivity index is 1.49. The first-order chi connectivity index (χ1) is 20.7. The summed E-state index contributed by atoms with van der Waals surface area (Å²) in [6.07, 6.45) is 7.79. The Bertz CT molecular complexity index is 1220. The lowest BCUT2D eigenvalue weighted by atomic mass is 9.74. The summed E-state index contributed by atoms with van der Waals surface area (Å²) in [6, 6.07) is 7.57. The Kier molecular flexibility index (Phi) is 9.60. The number of hydrogen-bond donors (Lipinski definition) is 2. The van der Waals surface area contributed by atoms with Gasteiger partial charge in [-0.1, -0.05) is 44.0 Å². The molecule has 4 aliphatic rings. The van der Waals surface area contributed by atoms with E-state index in [1.807, 2.05) is 36.2 Å². The highest BCUT2D eigenvalue weighted by molar-refractivity contribution is 6.30. The summed E-state index contributed by atoms with van der Waals surface area (Å²) in [5.41, 5.74) is 0.393. The average Bonchev–Trinajstić information content (AvgIpc) is 3.54. The third kappa shape index (κ3) is 6.33. The smallest absolute Gasteiger partial charge is 0.319 e. The van der Waals surface area contributed by atoms with Crippen LogP contribution in [-0.2, 0) is 14.4 Å². The Morgan fingerprint density at radius 2 is 1.70 bits per heavy atom. The molecule has 44 heavy (non-hydrogen) atoms. The molecule has 0 bridgehead atoms. The normalized spacial score (nSPS) is 31.5. The highest BCUT2D eigenvalue weighted by Gasteiger charge is 2.59. The number of carbonyl (C=O) groups excluding carboxylic acids is 3. The minimum absolute atomic E-state index is 0.0147. The topological polar surface area (TPSA) is 90.0 Å². The van der Waals surface area contributed by atoms with Gasteiger partial charge in [-0.25, -0.2) is 4.79 Å². The van der Waals surface area contributed by atoms with E-state index in [2.05, 4.69) is 24.1 Å². The van der Waals surface area contributed by atoms with Crippen LogP contribution in [0.2, 0.25) is 5.02 Å². The van der Waals surface area contributed by atoms with E-state index in [1.165, 1.54) is 19.3 Å². The molecular weight excluding hydrogens is 576 g/mol. The van der Waals surface area contributed by atoms with E-state index in [9.17, 15) is 19.5 Å². The maximum absolute atomic E-state index is 15.0. The van der Waals surface area contributed by atoms with Gasteiger partial charge in [0.1, 0.15) is 6.54 Å². The molecule has 0 aromatic heterocycles. The first-order valence-electron chi connectivity index (χ1n) is 16.7. The number of benzene rings is 1. The summed E-state index contributed by atoms with van der Waals surface area (Å²) in [5.74, 6) is -0.393. The summed E-state index contributed by atoms with van der Waals surface area (Å²) in [5, 5.41) is 13.7. The van der Waals surface area contributed by atoms with E-state index < -0.39 is 11.5 Å². The Morgan fingerprint density at radius 3 is 2.25 bits per heavy atom. The fourth-order valence-corrected chi connectivity index (χ4v) is 8.50. The molecule has 0 spiro atoms. The summed E-state index contributed by atoms with van der Waals surface area (Å²) in [7, 11) is 3.56. The van der Waals surface area contributed by atoms with Crippen molar-refractivity contribution in [2.75, 3.05) is 40.3 Å². The molecule has 1 aromatic rings. The number of amides is 3. The molecule has 2 aliphatic heterocycles. The number of hydrogen-bond acceptors (Lipinski definition) is 5. The number of likely N-dealkylation sites (N-methyl/N-ethyl adjacent to an activating group) is 2. The number of aliphatic hydroxyl groups is 1. The molecule has 9 heteroatoms. The number of nitrogens with zero attached hydrogens (tertiary/aromatic N) is 3. The third-order valence-electron chi connectivity index (χ3n) is 11.7. The zero-order valence-electron chi connectivity index (χ0n) is 27.7. The predicted molar refractivity (Wildman–Crippen MR) is 173 cm³/mol. The molecule has 0 radical (unpaired) electrons. The van der Waals surface area contributed by atoms with E-state index in [1.54, 1.807) is 20.9 Å². The van der Waals surface area contributed by atoms with Crippen LogP contribution in [0.25, 0.3) is 0 Å². The van der Waals surface area contributed by atoms with Gasteiger partial charge < -0.3 is 15.3 Å². The quantitative estimate of drug-likeness (QED) is 0.411. The highest BCUT2D eigenvalue weighted by Crippen LogP contribution is 2.44. The molecule has 2 heterocycles. The van der Waals surface area contributed by atoms with Crippen LogP contribution in [0.4, 0.5) is 0 Å². The van der Waals surface area contributed by atoms with Gasteiger partial charge in [0.05, 0.1) is 31.0 Å². The zero-order valence-corrected chi connectivity index (χ0v) is 28.4. The van der Waals surface area contributed by atoms with E-state index in [0.29, 0.717) is 30.6 Å². The maximum atomic E-state index is 15.0. The van der Waals surface area contributed by atoms with Crippen LogP contribution in [-0.4, -0.2) is 102 Å². The second kappa shape index (κ2) is 12.7. The van der Waals surface area contributed by atoms with E-state index in [0.717, 1.165) is 37.8 Å². The van der Waals surface area contributed by atoms with E-state index in [4.69, 9.17) is 11.6 Å². The number of carbonyl (C=O) groups is 3. The molecule has 1 unspecified atom stereocenters. The van der Waals surface area contributed by atoms with Crippen molar-refractivity contribution in [3.63, 3.8) is 0 Å². The molecule has 2 N–H and O–H groups in total. The second-order valence-electron chi connectivity index (χ2n) is 15.8. The molecule has 244 valence electrons. The van der Waals surface area contributed by atoms with Gasteiger partial charge in [0.2, 0.25) is 5.91 Å². The van der Waals surface area contributed by atoms with Crippen LogP contribution in [0.5, 0.6) is 0 Å². The van der Waals surface area contributed by atoms with Crippen molar-refractivity contribution in [2.24, 2.45) is 16.7 Å². The van der Waals surface area contributed by atoms with Crippen LogP contribution in [0.1, 0.15) is 90.5 Å². The highest BCUT2D eigenvalue weighted by atomic mass is 35.5. The summed E-state index contributed by atoms with van der Waals surface area (Å²) < 4.78 is -0.0147. The number of likely N-dealkylation sites (tertiary alicyclic amines) is 2. The Hall–Kier alpha value is -2.00. The molecule has 2 aliphatic carbocycles. The van der Waals surface area contributed by atoms with Crippen molar-refractivity contribution in [3.8, 4) is 0 Å². The number of quaternary nitrogens is 1. The summed E-state index contributed by atoms with van der Waals surface area (Å²) in [6.45, 7) is 9.81. The number of nitrogens with one attached hydrogen (secondary N) is 1. The van der Waals surface area contributed by atoms with Gasteiger partial charge in [0.15, 0.2) is 6.04 Å². The molecule has 2 saturated carbocycles.